The van der Waals surface area contributed by atoms with Crippen molar-refractivity contribution in [1.29, 1.82) is 0 Å². The summed E-state index contributed by atoms with van der Waals surface area (Å²) in [5.41, 5.74) is 1.36. The van der Waals surface area contributed by atoms with Crippen molar-refractivity contribution in [3.63, 3.8) is 0 Å². The van der Waals surface area contributed by atoms with E-state index in [0.29, 0.717) is 16.3 Å². The lowest BCUT2D eigenvalue weighted by Crippen LogP contribution is -2.53. The molecule has 1 aliphatic rings. The van der Waals surface area contributed by atoms with Gasteiger partial charge in [0.2, 0.25) is 0 Å². The summed E-state index contributed by atoms with van der Waals surface area (Å²) >= 11 is 11.7. The van der Waals surface area contributed by atoms with Crippen LogP contribution in [0.3, 0.4) is 0 Å². The molecule has 2 heterocycles. The zero-order valence-electron chi connectivity index (χ0n) is 8.93. The number of halogens is 2. The van der Waals surface area contributed by atoms with Crippen LogP contribution >= 0.6 is 23.2 Å². The molecule has 1 saturated heterocycles. The van der Waals surface area contributed by atoms with Crippen LogP contribution in [0, 0.1) is 5.41 Å². The molecule has 0 bridgehead atoms. The normalized spacial score (nSPS) is 18.8. The third-order valence-electron chi connectivity index (χ3n) is 2.63. The molecule has 0 amide bonds. The molecule has 0 saturated carbocycles. The van der Waals surface area contributed by atoms with Crippen LogP contribution in [0.4, 0.5) is 5.82 Å². The summed E-state index contributed by atoms with van der Waals surface area (Å²) < 4.78 is 0. The highest BCUT2D eigenvalue weighted by atomic mass is 35.5. The van der Waals surface area contributed by atoms with Crippen molar-refractivity contribution in [2.75, 3.05) is 18.0 Å². The van der Waals surface area contributed by atoms with Crippen molar-refractivity contribution < 1.29 is 0 Å². The summed E-state index contributed by atoms with van der Waals surface area (Å²) in [5, 5.41) is 0.647. The molecule has 1 aliphatic heterocycles. The van der Waals surface area contributed by atoms with Gasteiger partial charge in [-0.25, -0.2) is 4.98 Å². The lowest BCUT2D eigenvalue weighted by Gasteiger charge is -2.46. The number of nitrogens with zero attached hydrogens (tertiary/aromatic N) is 2. The number of aromatic nitrogens is 1. The Morgan fingerprint density at radius 2 is 2.13 bits per heavy atom. The quantitative estimate of drug-likeness (QED) is 0.743. The summed E-state index contributed by atoms with van der Waals surface area (Å²) in [4.78, 5) is 6.55. The number of anilines is 1. The molecule has 0 aliphatic carbocycles. The molecule has 0 atom stereocenters. The van der Waals surface area contributed by atoms with E-state index in [0.717, 1.165) is 24.5 Å². The van der Waals surface area contributed by atoms with Crippen molar-refractivity contribution in [2.24, 2.45) is 5.41 Å². The molecule has 0 spiro atoms. The molecule has 82 valence electrons. The highest BCUT2D eigenvalue weighted by Gasteiger charge is 2.34. The van der Waals surface area contributed by atoms with E-state index in [1.807, 2.05) is 6.07 Å². The maximum absolute atomic E-state index is 5.95. The van der Waals surface area contributed by atoms with Crippen LogP contribution in [0.2, 0.25) is 5.02 Å². The van der Waals surface area contributed by atoms with Crippen molar-refractivity contribution in [1.82, 2.24) is 4.98 Å². The lowest BCUT2D eigenvalue weighted by molar-refractivity contribution is 0.274. The van der Waals surface area contributed by atoms with E-state index in [2.05, 4.69) is 23.7 Å². The Hall–Kier alpha value is -0.470. The van der Waals surface area contributed by atoms with Gasteiger partial charge in [-0.2, -0.15) is 0 Å². The van der Waals surface area contributed by atoms with Crippen LogP contribution in [0.5, 0.6) is 0 Å². The van der Waals surface area contributed by atoms with Gasteiger partial charge in [-0.1, -0.05) is 25.4 Å². The number of hydrogen-bond donors (Lipinski definition) is 0. The second-order valence-corrected chi connectivity index (χ2v) is 5.46. The fraction of sp³-hybridized carbons (Fsp3) is 0.545. The Morgan fingerprint density at radius 3 is 2.67 bits per heavy atom. The smallest absolute Gasteiger partial charge is 0.128 e. The van der Waals surface area contributed by atoms with Crippen molar-refractivity contribution in [3.8, 4) is 0 Å². The van der Waals surface area contributed by atoms with E-state index in [-0.39, 0.29) is 0 Å². The maximum Gasteiger partial charge on any atom is 0.128 e. The molecule has 0 radical (unpaired) electrons. The van der Waals surface area contributed by atoms with Gasteiger partial charge in [0.1, 0.15) is 5.82 Å². The first kappa shape index (κ1) is 11.0. The summed E-state index contributed by atoms with van der Waals surface area (Å²) in [5.74, 6) is 1.42. The van der Waals surface area contributed by atoms with Crippen molar-refractivity contribution in [2.45, 2.75) is 19.7 Å². The van der Waals surface area contributed by atoms with Gasteiger partial charge in [0.05, 0.1) is 5.02 Å². The first-order valence-electron chi connectivity index (χ1n) is 4.97. The van der Waals surface area contributed by atoms with Crippen LogP contribution in [0.25, 0.3) is 0 Å². The van der Waals surface area contributed by atoms with Gasteiger partial charge >= 0.3 is 0 Å². The number of alkyl halides is 1. The average Bonchev–Trinajstić information content (AvgIpc) is 2.15. The van der Waals surface area contributed by atoms with Crippen LogP contribution in [-0.4, -0.2) is 18.1 Å². The van der Waals surface area contributed by atoms with E-state index < -0.39 is 0 Å². The van der Waals surface area contributed by atoms with Crippen molar-refractivity contribution >= 4 is 29.0 Å². The van der Waals surface area contributed by atoms with E-state index in [9.17, 15) is 0 Å². The van der Waals surface area contributed by atoms with Gasteiger partial charge in [-0.15, -0.1) is 11.6 Å². The summed E-state index contributed by atoms with van der Waals surface area (Å²) in [7, 11) is 0. The van der Waals surface area contributed by atoms with Gasteiger partial charge in [0, 0.05) is 25.2 Å². The Labute approximate surface area is 100 Å². The molecule has 0 unspecified atom stereocenters. The van der Waals surface area contributed by atoms with Crippen LogP contribution in [-0.2, 0) is 5.88 Å². The second kappa shape index (κ2) is 3.84. The average molecular weight is 245 g/mol. The third-order valence-corrected chi connectivity index (χ3v) is 3.25. The highest BCUT2D eigenvalue weighted by Crippen LogP contribution is 2.33. The minimum Gasteiger partial charge on any atom is -0.355 e. The van der Waals surface area contributed by atoms with Crippen LogP contribution in [0.15, 0.2) is 12.3 Å². The summed E-state index contributed by atoms with van der Waals surface area (Å²) in [6.45, 7) is 6.59. The van der Waals surface area contributed by atoms with E-state index in [1.165, 1.54) is 0 Å². The molecular formula is C11H14Cl2N2. The topological polar surface area (TPSA) is 16.1 Å². The minimum absolute atomic E-state index is 0.405. The van der Waals surface area contributed by atoms with E-state index in [4.69, 9.17) is 23.2 Å². The lowest BCUT2D eigenvalue weighted by atomic mass is 9.84. The minimum atomic E-state index is 0.405. The number of pyridine rings is 1. The van der Waals surface area contributed by atoms with E-state index >= 15 is 0 Å². The first-order chi connectivity index (χ1) is 7.02. The van der Waals surface area contributed by atoms with Gasteiger partial charge < -0.3 is 4.90 Å². The summed E-state index contributed by atoms with van der Waals surface area (Å²) in [6.07, 6.45) is 1.68. The Bertz CT molecular complexity index is 369. The zero-order chi connectivity index (χ0) is 11.1. The molecular weight excluding hydrogens is 231 g/mol. The Balaban J connectivity index is 2.17. The van der Waals surface area contributed by atoms with E-state index in [1.54, 1.807) is 6.20 Å². The molecule has 1 aromatic heterocycles. The largest absolute Gasteiger partial charge is 0.355 e. The maximum atomic E-state index is 5.95. The van der Waals surface area contributed by atoms with Gasteiger partial charge in [-0.3, -0.25) is 0 Å². The summed E-state index contributed by atoms with van der Waals surface area (Å²) in [6, 6.07) is 1.98. The Morgan fingerprint density at radius 1 is 1.47 bits per heavy atom. The Kier molecular flexibility index (Phi) is 2.82. The molecule has 0 N–H and O–H groups in total. The third kappa shape index (κ3) is 2.21. The SMILES string of the molecule is CC1(C)CN(c2cc(CCl)c(Cl)cn2)C1. The molecule has 2 nitrogen and oxygen atoms in total. The first-order valence-corrected chi connectivity index (χ1v) is 5.88. The molecule has 15 heavy (non-hydrogen) atoms. The molecule has 0 aromatic carbocycles. The molecule has 2 rings (SSSR count). The number of rotatable bonds is 2. The fourth-order valence-electron chi connectivity index (χ4n) is 1.89. The zero-order valence-corrected chi connectivity index (χ0v) is 10.4. The fourth-order valence-corrected chi connectivity index (χ4v) is 2.35. The van der Waals surface area contributed by atoms with Gasteiger partial charge in [0.15, 0.2) is 0 Å². The van der Waals surface area contributed by atoms with Crippen LogP contribution in [0.1, 0.15) is 19.4 Å². The predicted octanol–water partition coefficient (Wildman–Crippen LogP) is 3.32. The predicted molar refractivity (Wildman–Crippen MR) is 64.8 cm³/mol. The second-order valence-electron chi connectivity index (χ2n) is 4.79. The van der Waals surface area contributed by atoms with Gasteiger partial charge in [0.25, 0.3) is 0 Å². The standard InChI is InChI=1S/C11H14Cl2N2/c1-11(2)6-15(7-11)10-3-8(4-12)9(13)5-14-10/h3,5H,4,6-7H2,1-2H3. The molecule has 1 aromatic rings. The number of hydrogen-bond acceptors (Lipinski definition) is 2. The van der Waals surface area contributed by atoms with Crippen molar-refractivity contribution in [3.05, 3.63) is 22.8 Å². The van der Waals surface area contributed by atoms with Crippen LogP contribution < -0.4 is 4.90 Å². The monoisotopic (exact) mass is 244 g/mol. The van der Waals surface area contributed by atoms with Gasteiger partial charge in [-0.05, 0) is 17.0 Å². The highest BCUT2D eigenvalue weighted by molar-refractivity contribution is 6.32. The molecule has 1 fully saturated rings. The molecule has 4 heteroatoms.